The highest BCUT2D eigenvalue weighted by molar-refractivity contribution is 6.12. The van der Waals surface area contributed by atoms with Crippen molar-refractivity contribution in [3.05, 3.63) is 52.3 Å². The summed E-state index contributed by atoms with van der Waals surface area (Å²) in [7, 11) is 3.62. The smallest absolute Gasteiger partial charge is 0.231 e. The molecule has 0 unspecified atom stereocenters. The number of benzene rings is 3. The summed E-state index contributed by atoms with van der Waals surface area (Å²) < 4.78 is 18.7. The molecule has 1 fully saturated rings. The average molecular weight is 373 g/mol. The third-order valence-electron chi connectivity index (χ3n) is 6.03. The highest BCUT2D eigenvalue weighted by atomic mass is 16.7. The van der Waals surface area contributed by atoms with Crippen molar-refractivity contribution in [1.29, 1.82) is 0 Å². The lowest BCUT2D eigenvalue weighted by Gasteiger charge is -2.22. The molecule has 2 aliphatic heterocycles. The van der Waals surface area contributed by atoms with E-state index >= 15 is 0 Å². The van der Waals surface area contributed by atoms with E-state index in [-0.39, 0.29) is 12.2 Å². The maximum Gasteiger partial charge on any atom is 0.231 e. The van der Waals surface area contributed by atoms with Gasteiger partial charge in [0, 0.05) is 29.4 Å². The monoisotopic (exact) mass is 373 g/mol. The number of ether oxygens (including phenoxy) is 3. The van der Waals surface area contributed by atoms with E-state index in [1.165, 1.54) is 0 Å². The van der Waals surface area contributed by atoms with Crippen LogP contribution in [0.1, 0.15) is 24.5 Å². The molecule has 0 aromatic heterocycles. The van der Waals surface area contributed by atoms with Crippen molar-refractivity contribution in [2.45, 2.75) is 18.8 Å². The average Bonchev–Trinajstić information content (AvgIpc) is 3.44. The van der Waals surface area contributed by atoms with Gasteiger partial charge < -0.3 is 18.8 Å². The maximum absolute atomic E-state index is 13.2. The van der Waals surface area contributed by atoms with Crippen LogP contribution in [0.4, 0.5) is 0 Å². The first-order valence-electron chi connectivity index (χ1n) is 9.53. The van der Waals surface area contributed by atoms with Crippen molar-refractivity contribution in [3.8, 4) is 28.4 Å². The molecular formula is C23H19NO4. The van der Waals surface area contributed by atoms with Crippen molar-refractivity contribution in [1.82, 2.24) is 4.57 Å². The molecule has 5 nitrogen and oxygen atoms in total. The van der Waals surface area contributed by atoms with Gasteiger partial charge in [0.15, 0.2) is 17.2 Å². The van der Waals surface area contributed by atoms with E-state index in [0.29, 0.717) is 11.7 Å². The Balaban J connectivity index is 1.83. The fourth-order valence-corrected chi connectivity index (χ4v) is 4.60. The summed E-state index contributed by atoms with van der Waals surface area (Å²) in [5, 5.41) is 3.27. The van der Waals surface area contributed by atoms with E-state index in [1.807, 2.05) is 12.1 Å². The molecular weight excluding hydrogens is 354 g/mol. The third-order valence-corrected chi connectivity index (χ3v) is 6.03. The Kier molecular flexibility index (Phi) is 3.05. The number of aromatic nitrogens is 1. The Hall–Kier alpha value is -3.21. The molecule has 2 aliphatic carbocycles. The first-order chi connectivity index (χ1) is 13.7. The topological polar surface area (TPSA) is 49.7 Å². The molecule has 0 amide bonds. The predicted octanol–water partition coefficient (Wildman–Crippen LogP) is 4.41. The molecule has 0 spiro atoms. The van der Waals surface area contributed by atoms with E-state index in [1.54, 1.807) is 13.2 Å². The van der Waals surface area contributed by atoms with Crippen LogP contribution in [0, 0.1) is 0 Å². The maximum atomic E-state index is 13.2. The summed E-state index contributed by atoms with van der Waals surface area (Å²) in [5.74, 6) is 2.37. The summed E-state index contributed by atoms with van der Waals surface area (Å²) in [6.45, 7) is 0.255. The number of fused-ring (bicyclic) bond motifs is 6. The van der Waals surface area contributed by atoms with Gasteiger partial charge in [0.2, 0.25) is 12.2 Å². The summed E-state index contributed by atoms with van der Waals surface area (Å²) in [4.78, 5) is 13.2. The zero-order valence-corrected chi connectivity index (χ0v) is 15.7. The predicted molar refractivity (Wildman–Crippen MR) is 108 cm³/mol. The number of hydrogen-bond acceptors (Lipinski definition) is 4. The van der Waals surface area contributed by atoms with Gasteiger partial charge in [-0.2, -0.15) is 0 Å². The molecule has 0 saturated heterocycles. The van der Waals surface area contributed by atoms with Crippen molar-refractivity contribution in [2.24, 2.45) is 7.05 Å². The number of methoxy groups -OCH3 is 1. The molecule has 6 rings (SSSR count). The molecule has 0 atom stereocenters. The van der Waals surface area contributed by atoms with Crippen LogP contribution in [0.15, 0.2) is 41.2 Å². The molecule has 4 aliphatic rings. The Morgan fingerprint density at radius 1 is 1.04 bits per heavy atom. The van der Waals surface area contributed by atoms with Crippen molar-refractivity contribution >= 4 is 21.7 Å². The molecule has 1 saturated carbocycles. The van der Waals surface area contributed by atoms with Crippen LogP contribution >= 0.6 is 0 Å². The van der Waals surface area contributed by atoms with Gasteiger partial charge in [0.05, 0.1) is 18.2 Å². The normalized spacial score (nSPS) is 15.6. The summed E-state index contributed by atoms with van der Waals surface area (Å²) in [6, 6.07) is 12.1. The molecule has 0 bridgehead atoms. The Labute approximate surface area is 161 Å². The van der Waals surface area contributed by atoms with E-state index in [2.05, 4.69) is 29.8 Å². The number of aryl methyl sites for hydroxylation is 1. The Morgan fingerprint density at radius 3 is 2.57 bits per heavy atom. The second kappa shape index (κ2) is 5.41. The highest BCUT2D eigenvalue weighted by Gasteiger charge is 2.33. The minimum atomic E-state index is -0.0230. The van der Waals surface area contributed by atoms with Crippen LogP contribution in [-0.2, 0) is 7.05 Å². The first-order valence-corrected chi connectivity index (χ1v) is 9.53. The number of pyridine rings is 1. The fourth-order valence-electron chi connectivity index (χ4n) is 4.60. The van der Waals surface area contributed by atoms with E-state index in [4.69, 9.17) is 14.2 Å². The quantitative estimate of drug-likeness (QED) is 0.488. The SMILES string of the molecule is COc1ccc2c3ccc4cc5c(cc4c3n(C)c(C3CC3)c-2c1=O)OCO5. The highest BCUT2D eigenvalue weighted by Crippen LogP contribution is 2.48. The molecule has 5 heteroatoms. The lowest BCUT2D eigenvalue weighted by molar-refractivity contribution is 0.174. The number of rotatable bonds is 2. The van der Waals surface area contributed by atoms with E-state index in [0.717, 1.165) is 62.8 Å². The zero-order valence-electron chi connectivity index (χ0n) is 15.7. The largest absolute Gasteiger partial charge is 0.493 e. The third kappa shape index (κ3) is 1.99. The van der Waals surface area contributed by atoms with Crippen molar-refractivity contribution < 1.29 is 14.2 Å². The Bertz CT molecular complexity index is 1320. The van der Waals surface area contributed by atoms with Crippen LogP contribution in [0.3, 0.4) is 0 Å². The summed E-state index contributed by atoms with van der Waals surface area (Å²) in [6.07, 6.45) is 2.23. The van der Waals surface area contributed by atoms with Crippen molar-refractivity contribution in [2.75, 3.05) is 13.9 Å². The van der Waals surface area contributed by atoms with Crippen LogP contribution in [0.25, 0.3) is 32.8 Å². The fraction of sp³-hybridized carbons (Fsp3) is 0.261. The van der Waals surface area contributed by atoms with Crippen LogP contribution in [-0.4, -0.2) is 18.5 Å². The van der Waals surface area contributed by atoms with Gasteiger partial charge in [0.1, 0.15) is 0 Å². The van der Waals surface area contributed by atoms with Gasteiger partial charge >= 0.3 is 0 Å². The van der Waals surface area contributed by atoms with Gasteiger partial charge in [-0.05, 0) is 48.1 Å². The van der Waals surface area contributed by atoms with E-state index < -0.39 is 0 Å². The van der Waals surface area contributed by atoms with Gasteiger partial charge in [-0.1, -0.05) is 12.1 Å². The zero-order chi connectivity index (χ0) is 19.0. The minimum absolute atomic E-state index is 0.0230. The van der Waals surface area contributed by atoms with Gasteiger partial charge in [-0.15, -0.1) is 0 Å². The lowest BCUT2D eigenvalue weighted by atomic mass is 9.92. The molecule has 2 aromatic rings. The number of nitrogens with zero attached hydrogens (tertiary/aromatic N) is 1. The molecule has 140 valence electrons. The van der Waals surface area contributed by atoms with Gasteiger partial charge in [0.25, 0.3) is 0 Å². The van der Waals surface area contributed by atoms with Gasteiger partial charge in [-0.25, -0.2) is 0 Å². The molecule has 0 radical (unpaired) electrons. The summed E-state index contributed by atoms with van der Waals surface area (Å²) in [5.41, 5.74) is 3.98. The van der Waals surface area contributed by atoms with Gasteiger partial charge in [-0.3, -0.25) is 4.79 Å². The van der Waals surface area contributed by atoms with Crippen LogP contribution in [0.5, 0.6) is 17.2 Å². The minimum Gasteiger partial charge on any atom is -0.493 e. The second-order valence-electron chi connectivity index (χ2n) is 7.63. The Morgan fingerprint density at radius 2 is 1.82 bits per heavy atom. The first kappa shape index (κ1) is 15.8. The summed E-state index contributed by atoms with van der Waals surface area (Å²) >= 11 is 0. The molecule has 0 N–H and O–H groups in total. The number of hydrogen-bond donors (Lipinski definition) is 0. The standard InChI is InChI=1S/C23H19NO4/c1-24-21(12-3-4-12)20-14(7-8-17(26-2)23(20)25)15-6-5-13-9-18-19(28-11-27-18)10-16(13)22(15)24/h5-10,12H,3-4,11H2,1-2H3. The second-order valence-corrected chi connectivity index (χ2v) is 7.63. The van der Waals surface area contributed by atoms with Crippen LogP contribution < -0.4 is 19.6 Å². The van der Waals surface area contributed by atoms with Crippen molar-refractivity contribution in [3.63, 3.8) is 0 Å². The molecule has 28 heavy (non-hydrogen) atoms. The lowest BCUT2D eigenvalue weighted by Crippen LogP contribution is -2.16. The molecule has 2 aromatic carbocycles. The van der Waals surface area contributed by atoms with E-state index in [9.17, 15) is 4.79 Å². The molecule has 2 heterocycles. The van der Waals surface area contributed by atoms with Crippen LogP contribution in [0.2, 0.25) is 0 Å².